The average Bonchev–Trinajstić information content (AvgIpc) is 2.66. The van der Waals surface area contributed by atoms with E-state index in [9.17, 15) is 13.2 Å². The van der Waals surface area contributed by atoms with Crippen molar-refractivity contribution in [2.24, 2.45) is 0 Å². The molecular formula is C9H15N3O5S2. The number of aliphatic carboxylic acids is 1. The number of carbonyl (C=O) groups is 1. The quantitative estimate of drug-likeness (QED) is 0.649. The predicted octanol–water partition coefficient (Wildman–Crippen LogP) is -0.447. The second-order valence-corrected chi connectivity index (χ2v) is 7.18. The number of carboxylic acid groups (broad SMARTS) is 1. The summed E-state index contributed by atoms with van der Waals surface area (Å²) in [5.74, 6) is -1.15. The summed E-state index contributed by atoms with van der Waals surface area (Å²) in [6, 6.07) is -0.483. The van der Waals surface area contributed by atoms with Crippen LogP contribution in [0.1, 0.15) is 18.8 Å². The maximum atomic E-state index is 11.3. The molecule has 10 heteroatoms. The summed E-state index contributed by atoms with van der Waals surface area (Å²) < 4.78 is 24.0. The molecule has 2 N–H and O–H groups in total. The zero-order valence-electron chi connectivity index (χ0n) is 10.5. The molecule has 1 unspecified atom stereocenters. The number of aliphatic hydroxyl groups excluding tert-OH is 1. The summed E-state index contributed by atoms with van der Waals surface area (Å²) in [6.07, 6.45) is 1.11. The van der Waals surface area contributed by atoms with Crippen LogP contribution in [-0.2, 0) is 21.2 Å². The first-order chi connectivity index (χ1) is 8.74. The van der Waals surface area contributed by atoms with E-state index < -0.39 is 28.5 Å². The summed E-state index contributed by atoms with van der Waals surface area (Å²) in [6.45, 7) is 1.25. The van der Waals surface area contributed by atoms with E-state index in [1.807, 2.05) is 0 Å². The predicted molar refractivity (Wildman–Crippen MR) is 68.7 cm³/mol. The van der Waals surface area contributed by atoms with Crippen molar-refractivity contribution in [2.75, 3.05) is 17.8 Å². The van der Waals surface area contributed by atoms with E-state index in [1.165, 1.54) is 4.57 Å². The van der Waals surface area contributed by atoms with Gasteiger partial charge in [-0.25, -0.2) is 8.42 Å². The van der Waals surface area contributed by atoms with Gasteiger partial charge in [-0.3, -0.25) is 4.79 Å². The summed E-state index contributed by atoms with van der Waals surface area (Å²) >= 11 is 0.930. The van der Waals surface area contributed by atoms with Gasteiger partial charge in [-0.1, -0.05) is 11.8 Å². The molecule has 0 saturated heterocycles. The Kier molecular flexibility index (Phi) is 5.32. The van der Waals surface area contributed by atoms with E-state index in [-0.39, 0.29) is 22.5 Å². The third-order valence-electron chi connectivity index (χ3n) is 2.19. The van der Waals surface area contributed by atoms with Crippen LogP contribution < -0.4 is 0 Å². The molecule has 0 aliphatic heterocycles. The molecule has 8 nitrogen and oxygen atoms in total. The first-order valence-electron chi connectivity index (χ1n) is 5.31. The van der Waals surface area contributed by atoms with E-state index in [0.29, 0.717) is 0 Å². The van der Waals surface area contributed by atoms with Crippen LogP contribution in [0.4, 0.5) is 0 Å². The summed E-state index contributed by atoms with van der Waals surface area (Å²) in [5, 5.41) is 25.6. The third kappa shape index (κ3) is 4.80. The number of aromatic nitrogens is 3. The number of hydrogen-bond acceptors (Lipinski definition) is 7. The topological polar surface area (TPSA) is 122 Å². The highest BCUT2D eigenvalue weighted by atomic mass is 32.2. The zero-order valence-corrected chi connectivity index (χ0v) is 12.1. The molecule has 1 aromatic rings. The fourth-order valence-corrected chi connectivity index (χ4v) is 3.40. The second kappa shape index (κ2) is 6.35. The van der Waals surface area contributed by atoms with Crippen molar-refractivity contribution in [1.82, 2.24) is 14.8 Å². The monoisotopic (exact) mass is 309 g/mol. The lowest BCUT2D eigenvalue weighted by atomic mass is 10.4. The molecule has 1 heterocycles. The first-order valence-corrected chi connectivity index (χ1v) is 8.36. The molecular weight excluding hydrogens is 294 g/mol. The van der Waals surface area contributed by atoms with Gasteiger partial charge >= 0.3 is 5.97 Å². The zero-order chi connectivity index (χ0) is 14.6. The first kappa shape index (κ1) is 15.9. The van der Waals surface area contributed by atoms with Crippen molar-refractivity contribution in [1.29, 1.82) is 0 Å². The van der Waals surface area contributed by atoms with Crippen LogP contribution >= 0.6 is 11.8 Å². The van der Waals surface area contributed by atoms with Gasteiger partial charge in [0.25, 0.3) is 0 Å². The molecule has 1 aromatic heterocycles. The molecule has 0 saturated carbocycles. The summed E-state index contributed by atoms with van der Waals surface area (Å²) in [4.78, 5) is 10.5. The molecule has 0 aliphatic rings. The molecule has 1 atom stereocenters. The third-order valence-corrected chi connectivity index (χ3v) is 4.20. The molecule has 0 aliphatic carbocycles. The fraction of sp³-hybridized carbons (Fsp3) is 0.667. The van der Waals surface area contributed by atoms with Crippen LogP contribution in [0.5, 0.6) is 0 Å². The second-order valence-electron chi connectivity index (χ2n) is 4.05. The lowest BCUT2D eigenvalue weighted by Crippen LogP contribution is -2.19. The highest BCUT2D eigenvalue weighted by molar-refractivity contribution is 7.99. The van der Waals surface area contributed by atoms with Crippen molar-refractivity contribution in [2.45, 2.75) is 24.7 Å². The van der Waals surface area contributed by atoms with Gasteiger partial charge in [0.2, 0.25) is 0 Å². The minimum Gasteiger partial charge on any atom is -0.481 e. The molecule has 0 amide bonds. The maximum absolute atomic E-state index is 11.3. The number of sulfone groups is 1. The van der Waals surface area contributed by atoms with Gasteiger partial charge in [0, 0.05) is 12.3 Å². The Morgan fingerprint density at radius 2 is 2.11 bits per heavy atom. The van der Waals surface area contributed by atoms with Gasteiger partial charge < -0.3 is 14.8 Å². The number of aliphatic hydroxyl groups is 1. The number of nitrogens with zero attached hydrogens (tertiary/aromatic N) is 3. The summed E-state index contributed by atoms with van der Waals surface area (Å²) in [5.41, 5.74) is 0. The number of carboxylic acids is 1. The van der Waals surface area contributed by atoms with Gasteiger partial charge in [0.1, 0.15) is 16.4 Å². The van der Waals surface area contributed by atoms with Crippen LogP contribution in [-0.4, -0.2) is 57.1 Å². The number of rotatable bonds is 7. The Labute approximate surface area is 114 Å². The Bertz CT molecular complexity index is 554. The van der Waals surface area contributed by atoms with Crippen LogP contribution in [0.15, 0.2) is 5.16 Å². The van der Waals surface area contributed by atoms with E-state index >= 15 is 0 Å². The van der Waals surface area contributed by atoms with E-state index in [2.05, 4.69) is 10.2 Å². The average molecular weight is 309 g/mol. The number of hydrogen-bond donors (Lipinski definition) is 2. The van der Waals surface area contributed by atoms with Crippen LogP contribution in [0.2, 0.25) is 0 Å². The molecule has 0 radical (unpaired) electrons. The van der Waals surface area contributed by atoms with Gasteiger partial charge in [0.05, 0.1) is 11.5 Å². The van der Waals surface area contributed by atoms with Crippen LogP contribution in [0.3, 0.4) is 0 Å². The molecule has 1 rings (SSSR count). The normalized spacial score (nSPS) is 13.4. The van der Waals surface area contributed by atoms with E-state index in [4.69, 9.17) is 10.2 Å². The van der Waals surface area contributed by atoms with Gasteiger partial charge in [-0.15, -0.1) is 10.2 Å². The fourth-order valence-electron chi connectivity index (χ4n) is 1.60. The Hall–Kier alpha value is -1.13. The standard InChI is InChI=1S/C9H15N3O5S2/c1-6(5-19(2,16)17)12-7(3-13)10-11-9(12)18-4-8(14)15/h6,13H,3-5H2,1-2H3,(H,14,15). The minimum atomic E-state index is -3.21. The van der Waals surface area contributed by atoms with Crippen molar-refractivity contribution < 1.29 is 23.4 Å². The van der Waals surface area contributed by atoms with Gasteiger partial charge in [-0.05, 0) is 6.92 Å². The van der Waals surface area contributed by atoms with Crippen molar-refractivity contribution in [3.8, 4) is 0 Å². The van der Waals surface area contributed by atoms with Crippen molar-refractivity contribution >= 4 is 27.6 Å². The smallest absolute Gasteiger partial charge is 0.313 e. The lowest BCUT2D eigenvalue weighted by Gasteiger charge is -2.16. The van der Waals surface area contributed by atoms with Gasteiger partial charge in [0.15, 0.2) is 11.0 Å². The highest BCUT2D eigenvalue weighted by Crippen LogP contribution is 2.22. The molecule has 0 aromatic carbocycles. The molecule has 19 heavy (non-hydrogen) atoms. The molecule has 108 valence electrons. The minimum absolute atomic E-state index is 0.140. The molecule has 0 spiro atoms. The van der Waals surface area contributed by atoms with Gasteiger partial charge in [-0.2, -0.15) is 0 Å². The van der Waals surface area contributed by atoms with Crippen molar-refractivity contribution in [3.63, 3.8) is 0 Å². The van der Waals surface area contributed by atoms with Crippen LogP contribution in [0.25, 0.3) is 0 Å². The van der Waals surface area contributed by atoms with E-state index in [1.54, 1.807) is 6.92 Å². The SMILES string of the molecule is CC(CS(C)(=O)=O)n1c(CO)nnc1SCC(=O)O. The Morgan fingerprint density at radius 3 is 2.58 bits per heavy atom. The molecule has 0 bridgehead atoms. The Balaban J connectivity index is 3.01. The van der Waals surface area contributed by atoms with Crippen molar-refractivity contribution in [3.05, 3.63) is 5.82 Å². The Morgan fingerprint density at radius 1 is 1.47 bits per heavy atom. The highest BCUT2D eigenvalue weighted by Gasteiger charge is 2.21. The van der Waals surface area contributed by atoms with Crippen LogP contribution in [0, 0.1) is 0 Å². The number of thioether (sulfide) groups is 1. The lowest BCUT2D eigenvalue weighted by molar-refractivity contribution is -0.133. The summed E-state index contributed by atoms with van der Waals surface area (Å²) in [7, 11) is -3.21. The molecule has 0 fully saturated rings. The van der Waals surface area contributed by atoms with E-state index in [0.717, 1.165) is 18.0 Å². The largest absolute Gasteiger partial charge is 0.481 e. The maximum Gasteiger partial charge on any atom is 0.313 e.